The lowest BCUT2D eigenvalue weighted by molar-refractivity contribution is 0.830. The van der Waals surface area contributed by atoms with Gasteiger partial charge in [0.05, 0.1) is 0 Å². The van der Waals surface area contributed by atoms with Gasteiger partial charge in [0.25, 0.3) is 0 Å². The molecule has 16 heavy (non-hydrogen) atoms. The fourth-order valence-electron chi connectivity index (χ4n) is 1.30. The van der Waals surface area contributed by atoms with Crippen LogP contribution >= 0.6 is 12.2 Å². The van der Waals surface area contributed by atoms with Gasteiger partial charge in [-0.15, -0.1) is 0 Å². The predicted molar refractivity (Wildman–Crippen MR) is 69.5 cm³/mol. The molecule has 1 aliphatic rings. The third-order valence-electron chi connectivity index (χ3n) is 2.29. The van der Waals surface area contributed by atoms with Gasteiger partial charge in [-0.2, -0.15) is 0 Å². The van der Waals surface area contributed by atoms with Crippen molar-refractivity contribution in [3.05, 3.63) is 24.4 Å². The number of rotatable bonds is 5. The first-order chi connectivity index (χ1) is 7.84. The Labute approximate surface area is 101 Å². The molecule has 0 radical (unpaired) electrons. The molecule has 5 heteroatoms. The van der Waals surface area contributed by atoms with Crippen molar-refractivity contribution >= 4 is 23.1 Å². The fraction of sp³-hybridized carbons (Fsp3) is 0.455. The molecule has 0 spiro atoms. The molecular weight excluding hydrogens is 220 g/mol. The molecule has 1 fully saturated rings. The zero-order valence-electron chi connectivity index (χ0n) is 9.07. The Hall–Kier alpha value is -1.36. The molecule has 0 atom stereocenters. The van der Waals surface area contributed by atoms with Gasteiger partial charge in [-0.05, 0) is 37.2 Å². The van der Waals surface area contributed by atoms with Crippen molar-refractivity contribution in [3.8, 4) is 0 Å². The van der Waals surface area contributed by atoms with Crippen molar-refractivity contribution < 1.29 is 0 Å². The van der Waals surface area contributed by atoms with Crippen molar-refractivity contribution in [3.63, 3.8) is 0 Å². The van der Waals surface area contributed by atoms with Gasteiger partial charge in [0.1, 0.15) is 5.82 Å². The average Bonchev–Trinajstić information content (AvgIpc) is 3.10. The molecule has 0 bridgehead atoms. The number of nitrogens with one attached hydrogen (secondary N) is 3. The van der Waals surface area contributed by atoms with Crippen LogP contribution in [0.25, 0.3) is 0 Å². The van der Waals surface area contributed by atoms with Crippen molar-refractivity contribution in [2.75, 3.05) is 18.4 Å². The summed E-state index contributed by atoms with van der Waals surface area (Å²) in [6.45, 7) is 1.61. The minimum Gasteiger partial charge on any atom is -0.368 e. The van der Waals surface area contributed by atoms with Crippen LogP contribution in [0.1, 0.15) is 12.8 Å². The standard InChI is InChI=1S/C11H16N4S/c16-11(15-9-4-5-9)14-8-7-13-10-3-1-2-6-12-10/h1-3,6,9H,4-5,7-8H2,(H,12,13)(H2,14,15,16). The summed E-state index contributed by atoms with van der Waals surface area (Å²) in [5, 5.41) is 10.3. The summed E-state index contributed by atoms with van der Waals surface area (Å²) >= 11 is 5.13. The van der Waals surface area contributed by atoms with E-state index in [0.717, 1.165) is 24.0 Å². The minimum absolute atomic E-state index is 0.615. The van der Waals surface area contributed by atoms with Gasteiger partial charge in [0.15, 0.2) is 5.11 Å². The SMILES string of the molecule is S=C(NCCNc1ccccn1)NC1CC1. The first kappa shape index (κ1) is 11.1. The van der Waals surface area contributed by atoms with Crippen LogP contribution < -0.4 is 16.0 Å². The Morgan fingerprint density at radius 2 is 2.25 bits per heavy atom. The molecule has 4 nitrogen and oxygen atoms in total. The van der Waals surface area contributed by atoms with Crippen LogP contribution in [-0.2, 0) is 0 Å². The molecule has 1 aliphatic carbocycles. The van der Waals surface area contributed by atoms with E-state index < -0.39 is 0 Å². The van der Waals surface area contributed by atoms with Gasteiger partial charge < -0.3 is 16.0 Å². The maximum Gasteiger partial charge on any atom is 0.166 e. The number of anilines is 1. The topological polar surface area (TPSA) is 49.0 Å². The lowest BCUT2D eigenvalue weighted by atomic mass is 10.4. The quantitative estimate of drug-likeness (QED) is 0.528. The number of nitrogens with zero attached hydrogens (tertiary/aromatic N) is 1. The van der Waals surface area contributed by atoms with Gasteiger partial charge in [0, 0.05) is 25.3 Å². The molecule has 1 saturated carbocycles. The third kappa shape index (κ3) is 4.02. The van der Waals surface area contributed by atoms with E-state index in [1.807, 2.05) is 18.2 Å². The lowest BCUT2D eigenvalue weighted by Crippen LogP contribution is -2.38. The Bertz CT molecular complexity index is 337. The maximum atomic E-state index is 5.13. The molecule has 1 aromatic heterocycles. The predicted octanol–water partition coefficient (Wildman–Crippen LogP) is 1.12. The monoisotopic (exact) mass is 236 g/mol. The highest BCUT2D eigenvalue weighted by atomic mass is 32.1. The zero-order valence-corrected chi connectivity index (χ0v) is 9.89. The highest BCUT2D eigenvalue weighted by molar-refractivity contribution is 7.80. The van der Waals surface area contributed by atoms with Gasteiger partial charge in [0.2, 0.25) is 0 Å². The summed E-state index contributed by atoms with van der Waals surface area (Å²) in [5.41, 5.74) is 0. The second kappa shape index (κ2) is 5.65. The summed E-state index contributed by atoms with van der Waals surface area (Å²) in [6.07, 6.45) is 4.26. The Morgan fingerprint density at radius 1 is 1.38 bits per heavy atom. The van der Waals surface area contributed by atoms with Gasteiger partial charge in [-0.1, -0.05) is 6.07 Å². The second-order valence-electron chi connectivity index (χ2n) is 3.82. The molecule has 0 saturated heterocycles. The van der Waals surface area contributed by atoms with E-state index in [-0.39, 0.29) is 0 Å². The number of pyridine rings is 1. The van der Waals surface area contributed by atoms with Gasteiger partial charge in [-0.3, -0.25) is 0 Å². The number of hydrogen-bond donors (Lipinski definition) is 3. The van der Waals surface area contributed by atoms with Crippen LogP contribution in [0.4, 0.5) is 5.82 Å². The van der Waals surface area contributed by atoms with E-state index in [4.69, 9.17) is 12.2 Å². The third-order valence-corrected chi connectivity index (χ3v) is 2.56. The zero-order chi connectivity index (χ0) is 11.2. The van der Waals surface area contributed by atoms with Crippen molar-refractivity contribution in [1.29, 1.82) is 0 Å². The molecule has 1 heterocycles. The van der Waals surface area contributed by atoms with Gasteiger partial charge in [-0.25, -0.2) is 4.98 Å². The molecule has 0 aromatic carbocycles. The maximum absolute atomic E-state index is 5.13. The molecule has 0 amide bonds. The fourth-order valence-corrected chi connectivity index (χ4v) is 1.57. The van der Waals surface area contributed by atoms with E-state index in [9.17, 15) is 0 Å². The van der Waals surface area contributed by atoms with Crippen LogP contribution in [0, 0.1) is 0 Å². The van der Waals surface area contributed by atoms with Gasteiger partial charge >= 0.3 is 0 Å². The highest BCUT2D eigenvalue weighted by Gasteiger charge is 2.21. The van der Waals surface area contributed by atoms with Crippen LogP contribution in [0.15, 0.2) is 24.4 Å². The Balaban J connectivity index is 1.56. The minimum atomic E-state index is 0.615. The van der Waals surface area contributed by atoms with Crippen molar-refractivity contribution in [2.24, 2.45) is 0 Å². The Kier molecular flexibility index (Phi) is 3.93. The average molecular weight is 236 g/mol. The summed E-state index contributed by atoms with van der Waals surface area (Å²) < 4.78 is 0. The van der Waals surface area contributed by atoms with Crippen LogP contribution in [-0.4, -0.2) is 29.2 Å². The second-order valence-corrected chi connectivity index (χ2v) is 4.22. The normalized spacial score (nSPS) is 14.2. The Morgan fingerprint density at radius 3 is 2.94 bits per heavy atom. The van der Waals surface area contributed by atoms with E-state index >= 15 is 0 Å². The number of aromatic nitrogens is 1. The number of thiocarbonyl (C=S) groups is 1. The lowest BCUT2D eigenvalue weighted by Gasteiger charge is -2.10. The molecule has 3 N–H and O–H groups in total. The first-order valence-corrected chi connectivity index (χ1v) is 5.95. The molecule has 1 aromatic rings. The van der Waals surface area contributed by atoms with E-state index in [2.05, 4.69) is 20.9 Å². The summed E-state index contributed by atoms with van der Waals surface area (Å²) in [4.78, 5) is 4.17. The van der Waals surface area contributed by atoms with E-state index in [0.29, 0.717) is 6.04 Å². The molecule has 0 aliphatic heterocycles. The molecule has 0 unspecified atom stereocenters. The van der Waals surface area contributed by atoms with E-state index in [1.165, 1.54) is 12.8 Å². The van der Waals surface area contributed by atoms with Crippen LogP contribution in [0.5, 0.6) is 0 Å². The van der Waals surface area contributed by atoms with E-state index in [1.54, 1.807) is 6.20 Å². The van der Waals surface area contributed by atoms with Crippen LogP contribution in [0.3, 0.4) is 0 Å². The summed E-state index contributed by atoms with van der Waals surface area (Å²) in [6, 6.07) is 6.42. The summed E-state index contributed by atoms with van der Waals surface area (Å²) in [7, 11) is 0. The largest absolute Gasteiger partial charge is 0.368 e. The smallest absolute Gasteiger partial charge is 0.166 e. The highest BCUT2D eigenvalue weighted by Crippen LogP contribution is 2.18. The molecular formula is C11H16N4S. The first-order valence-electron chi connectivity index (χ1n) is 5.54. The van der Waals surface area contributed by atoms with Crippen LogP contribution in [0.2, 0.25) is 0 Å². The van der Waals surface area contributed by atoms with Crippen molar-refractivity contribution in [2.45, 2.75) is 18.9 Å². The van der Waals surface area contributed by atoms with Crippen molar-refractivity contribution in [1.82, 2.24) is 15.6 Å². The molecule has 2 rings (SSSR count). The number of hydrogen-bond acceptors (Lipinski definition) is 3. The summed E-state index contributed by atoms with van der Waals surface area (Å²) in [5.74, 6) is 0.894. The molecule has 86 valence electrons.